The Kier molecular flexibility index (Phi) is 6.68. The molecule has 1 aromatic heterocycles. The average Bonchev–Trinajstić information content (AvgIpc) is 3.43. The SMILES string of the molecule is COC(=O)[C@@H]1CCCN1C(=O)c1cc(NC(=O)C(C)C)cc2nc(C)n(Cc3ccccc3)c12. The van der Waals surface area contributed by atoms with E-state index in [-0.39, 0.29) is 17.7 Å². The molecule has 2 aromatic carbocycles. The molecule has 0 radical (unpaired) electrons. The zero-order valence-electron chi connectivity index (χ0n) is 20.0. The van der Waals surface area contributed by atoms with Gasteiger partial charge in [0.2, 0.25) is 5.91 Å². The van der Waals surface area contributed by atoms with Crippen molar-refractivity contribution < 1.29 is 19.1 Å². The van der Waals surface area contributed by atoms with E-state index < -0.39 is 12.0 Å². The molecule has 2 heterocycles. The van der Waals surface area contributed by atoms with Gasteiger partial charge < -0.3 is 19.5 Å². The number of fused-ring (bicyclic) bond motifs is 1. The van der Waals surface area contributed by atoms with Crippen molar-refractivity contribution in [1.82, 2.24) is 14.5 Å². The highest BCUT2D eigenvalue weighted by Gasteiger charge is 2.36. The summed E-state index contributed by atoms with van der Waals surface area (Å²) in [5, 5.41) is 2.89. The van der Waals surface area contributed by atoms with Crippen LogP contribution in [0.5, 0.6) is 0 Å². The molecule has 1 aliphatic rings. The minimum absolute atomic E-state index is 0.146. The minimum Gasteiger partial charge on any atom is -0.467 e. The van der Waals surface area contributed by atoms with Crippen molar-refractivity contribution in [3.63, 3.8) is 0 Å². The maximum atomic E-state index is 13.8. The van der Waals surface area contributed by atoms with Gasteiger partial charge in [0, 0.05) is 24.7 Å². The number of amides is 2. The van der Waals surface area contributed by atoms with Gasteiger partial charge >= 0.3 is 5.97 Å². The van der Waals surface area contributed by atoms with Crippen molar-refractivity contribution in [3.8, 4) is 0 Å². The van der Waals surface area contributed by atoms with Crippen molar-refractivity contribution in [3.05, 3.63) is 59.4 Å². The van der Waals surface area contributed by atoms with Gasteiger partial charge in [-0.25, -0.2) is 9.78 Å². The Balaban J connectivity index is 1.84. The van der Waals surface area contributed by atoms with Crippen LogP contribution in [0.1, 0.15) is 48.4 Å². The van der Waals surface area contributed by atoms with E-state index in [4.69, 9.17) is 9.72 Å². The van der Waals surface area contributed by atoms with Gasteiger partial charge in [-0.3, -0.25) is 9.59 Å². The maximum absolute atomic E-state index is 13.8. The number of ether oxygens (including phenoxy) is 1. The Morgan fingerprint density at radius 2 is 1.91 bits per heavy atom. The monoisotopic (exact) mass is 462 g/mol. The van der Waals surface area contributed by atoms with Gasteiger partial charge in [0.1, 0.15) is 11.9 Å². The van der Waals surface area contributed by atoms with E-state index in [1.54, 1.807) is 17.0 Å². The number of likely N-dealkylation sites (tertiary alicyclic amines) is 1. The number of rotatable bonds is 6. The normalized spacial score (nSPS) is 15.7. The van der Waals surface area contributed by atoms with E-state index in [1.165, 1.54) is 7.11 Å². The number of benzene rings is 2. The number of methoxy groups -OCH3 is 1. The predicted molar refractivity (Wildman–Crippen MR) is 130 cm³/mol. The predicted octanol–water partition coefficient (Wildman–Crippen LogP) is 3.77. The highest BCUT2D eigenvalue weighted by Crippen LogP contribution is 2.30. The lowest BCUT2D eigenvalue weighted by Gasteiger charge is -2.24. The molecule has 34 heavy (non-hydrogen) atoms. The number of imidazole rings is 1. The van der Waals surface area contributed by atoms with Crippen LogP contribution in [0, 0.1) is 12.8 Å². The number of nitrogens with zero attached hydrogens (tertiary/aromatic N) is 3. The van der Waals surface area contributed by atoms with Gasteiger partial charge in [-0.2, -0.15) is 0 Å². The van der Waals surface area contributed by atoms with Crippen LogP contribution < -0.4 is 5.32 Å². The van der Waals surface area contributed by atoms with E-state index >= 15 is 0 Å². The molecule has 0 bridgehead atoms. The van der Waals surface area contributed by atoms with Crippen LogP contribution in [-0.2, 0) is 20.9 Å². The zero-order valence-corrected chi connectivity index (χ0v) is 20.0. The second-order valence-electron chi connectivity index (χ2n) is 8.95. The van der Waals surface area contributed by atoms with Gasteiger partial charge in [0.25, 0.3) is 5.91 Å². The number of carbonyl (C=O) groups is 3. The first-order valence-corrected chi connectivity index (χ1v) is 11.5. The quantitative estimate of drug-likeness (QED) is 0.563. The summed E-state index contributed by atoms with van der Waals surface area (Å²) in [6.07, 6.45) is 1.29. The van der Waals surface area contributed by atoms with Crippen molar-refractivity contribution in [2.24, 2.45) is 5.92 Å². The summed E-state index contributed by atoms with van der Waals surface area (Å²) in [5.74, 6) is -0.291. The second-order valence-corrected chi connectivity index (χ2v) is 8.95. The number of esters is 1. The average molecular weight is 463 g/mol. The second kappa shape index (κ2) is 9.67. The van der Waals surface area contributed by atoms with Crippen LogP contribution in [0.2, 0.25) is 0 Å². The van der Waals surface area contributed by atoms with E-state index in [2.05, 4.69) is 5.32 Å². The van der Waals surface area contributed by atoms with Crippen LogP contribution in [0.25, 0.3) is 11.0 Å². The van der Waals surface area contributed by atoms with Crippen LogP contribution in [0.15, 0.2) is 42.5 Å². The largest absolute Gasteiger partial charge is 0.467 e. The number of nitrogens with one attached hydrogen (secondary N) is 1. The van der Waals surface area contributed by atoms with Crippen LogP contribution in [-0.4, -0.2) is 51.9 Å². The number of aryl methyl sites for hydroxylation is 1. The summed E-state index contributed by atoms with van der Waals surface area (Å²) in [6.45, 7) is 6.53. The van der Waals surface area contributed by atoms with E-state index in [9.17, 15) is 14.4 Å². The van der Waals surface area contributed by atoms with Crippen molar-refractivity contribution in [2.45, 2.75) is 46.2 Å². The Morgan fingerprint density at radius 1 is 1.18 bits per heavy atom. The fourth-order valence-corrected chi connectivity index (χ4v) is 4.41. The molecule has 8 nitrogen and oxygen atoms in total. The number of hydrogen-bond acceptors (Lipinski definition) is 5. The molecule has 0 aliphatic carbocycles. The lowest BCUT2D eigenvalue weighted by molar-refractivity contribution is -0.145. The Labute approximate surface area is 198 Å². The van der Waals surface area contributed by atoms with Gasteiger partial charge in [-0.15, -0.1) is 0 Å². The van der Waals surface area contributed by atoms with Crippen molar-refractivity contribution >= 4 is 34.5 Å². The van der Waals surface area contributed by atoms with Crippen molar-refractivity contribution in [2.75, 3.05) is 19.0 Å². The summed E-state index contributed by atoms with van der Waals surface area (Å²) in [6, 6.07) is 12.8. The first kappa shape index (κ1) is 23.5. The van der Waals surface area contributed by atoms with Gasteiger partial charge in [0.05, 0.1) is 23.7 Å². The third kappa shape index (κ3) is 4.53. The molecule has 0 saturated carbocycles. The molecular formula is C26H30N4O4. The summed E-state index contributed by atoms with van der Waals surface area (Å²) in [5.41, 5.74) is 3.29. The molecule has 1 fully saturated rings. The fraction of sp³-hybridized carbons (Fsp3) is 0.385. The molecule has 1 aliphatic heterocycles. The molecule has 2 amide bonds. The highest BCUT2D eigenvalue weighted by molar-refractivity contribution is 6.09. The molecule has 0 unspecified atom stereocenters. The maximum Gasteiger partial charge on any atom is 0.328 e. The highest BCUT2D eigenvalue weighted by atomic mass is 16.5. The Bertz CT molecular complexity index is 1230. The van der Waals surface area contributed by atoms with Gasteiger partial charge in [0.15, 0.2) is 0 Å². The van der Waals surface area contributed by atoms with Crippen LogP contribution >= 0.6 is 0 Å². The molecule has 1 saturated heterocycles. The van der Waals surface area contributed by atoms with Gasteiger partial charge in [-0.1, -0.05) is 44.2 Å². The minimum atomic E-state index is -0.618. The van der Waals surface area contributed by atoms with Crippen molar-refractivity contribution in [1.29, 1.82) is 0 Å². The standard InChI is InChI=1S/C26H30N4O4/c1-16(2)24(31)28-19-13-20(25(32)29-12-8-11-22(29)26(33)34-4)23-21(14-19)27-17(3)30(23)15-18-9-6-5-7-10-18/h5-7,9-10,13-14,16,22H,8,11-12,15H2,1-4H3,(H,28,31)/t22-/m0/s1. The smallest absolute Gasteiger partial charge is 0.328 e. The molecule has 4 rings (SSSR count). The topological polar surface area (TPSA) is 93.5 Å². The van der Waals surface area contributed by atoms with E-state index in [0.717, 1.165) is 17.8 Å². The number of aromatic nitrogens is 2. The van der Waals surface area contributed by atoms with Crippen LogP contribution in [0.4, 0.5) is 5.69 Å². The van der Waals surface area contributed by atoms with E-state index in [0.29, 0.717) is 41.8 Å². The third-order valence-corrected chi connectivity index (χ3v) is 6.23. The lowest BCUT2D eigenvalue weighted by Crippen LogP contribution is -2.41. The Hall–Kier alpha value is -3.68. The summed E-state index contributed by atoms with van der Waals surface area (Å²) in [7, 11) is 1.34. The molecule has 1 atom stereocenters. The van der Waals surface area contributed by atoms with E-state index in [1.807, 2.05) is 55.7 Å². The summed E-state index contributed by atoms with van der Waals surface area (Å²) in [4.78, 5) is 44.8. The zero-order chi connectivity index (χ0) is 24.4. The first-order valence-electron chi connectivity index (χ1n) is 11.5. The number of carbonyl (C=O) groups excluding carboxylic acids is 3. The molecule has 1 N–H and O–H groups in total. The summed E-state index contributed by atoms with van der Waals surface area (Å²) >= 11 is 0. The lowest BCUT2D eigenvalue weighted by atomic mass is 10.1. The fourth-order valence-electron chi connectivity index (χ4n) is 4.41. The van der Waals surface area contributed by atoms with Crippen LogP contribution in [0.3, 0.4) is 0 Å². The number of hydrogen-bond donors (Lipinski definition) is 1. The summed E-state index contributed by atoms with van der Waals surface area (Å²) < 4.78 is 6.95. The number of anilines is 1. The molecule has 178 valence electrons. The molecular weight excluding hydrogens is 432 g/mol. The van der Waals surface area contributed by atoms with Gasteiger partial charge in [-0.05, 0) is 37.5 Å². The molecule has 0 spiro atoms. The Morgan fingerprint density at radius 3 is 2.59 bits per heavy atom. The molecule has 8 heteroatoms. The third-order valence-electron chi connectivity index (χ3n) is 6.23. The first-order chi connectivity index (χ1) is 16.3. The molecule has 3 aromatic rings.